The second-order valence-electron chi connectivity index (χ2n) is 5.28. The van der Waals surface area contributed by atoms with Gasteiger partial charge in [-0.15, -0.1) is 0 Å². The van der Waals surface area contributed by atoms with Gasteiger partial charge in [0.25, 0.3) is 0 Å². The molecule has 0 bridgehead atoms. The van der Waals surface area contributed by atoms with Crippen LogP contribution in [0.15, 0.2) is 0 Å². The molecule has 2 fully saturated rings. The number of carbonyl (C=O) groups is 1. The van der Waals surface area contributed by atoms with Gasteiger partial charge in [0, 0.05) is 6.42 Å². The Morgan fingerprint density at radius 3 is 2.53 bits per heavy atom. The first-order valence-electron chi connectivity index (χ1n) is 5.77. The topological polar surface area (TPSA) is 38.8 Å². The molecule has 86 valence electrons. The molecule has 15 heavy (non-hydrogen) atoms. The number of esters is 1. The molecule has 3 nitrogen and oxygen atoms in total. The van der Waals surface area contributed by atoms with Crippen LogP contribution >= 0.6 is 0 Å². The van der Waals surface area contributed by atoms with Crippen LogP contribution in [0.5, 0.6) is 0 Å². The van der Waals surface area contributed by atoms with E-state index in [-0.39, 0.29) is 17.0 Å². The van der Waals surface area contributed by atoms with Crippen LogP contribution in [-0.2, 0) is 14.3 Å². The van der Waals surface area contributed by atoms with E-state index in [1.54, 1.807) is 0 Å². The third-order valence-electron chi connectivity index (χ3n) is 4.37. The highest BCUT2D eigenvalue weighted by atomic mass is 16.6. The first kappa shape index (κ1) is 10.9. The van der Waals surface area contributed by atoms with Gasteiger partial charge in [-0.2, -0.15) is 0 Å². The largest absolute Gasteiger partial charge is 0.466 e. The molecule has 0 radical (unpaired) electrons. The summed E-state index contributed by atoms with van der Waals surface area (Å²) in [4.78, 5) is 11.4. The van der Waals surface area contributed by atoms with Crippen molar-refractivity contribution in [2.75, 3.05) is 6.61 Å². The van der Waals surface area contributed by atoms with Gasteiger partial charge >= 0.3 is 5.97 Å². The molecule has 0 amide bonds. The number of hydrogen-bond acceptors (Lipinski definition) is 3. The van der Waals surface area contributed by atoms with E-state index in [4.69, 9.17) is 9.47 Å². The minimum Gasteiger partial charge on any atom is -0.466 e. The monoisotopic (exact) mass is 212 g/mol. The fourth-order valence-corrected chi connectivity index (χ4v) is 3.02. The molecule has 0 aromatic rings. The predicted octanol–water partition coefficient (Wildman–Crippen LogP) is 2.14. The van der Waals surface area contributed by atoms with Crippen molar-refractivity contribution in [3.8, 4) is 0 Å². The molecule has 3 heteroatoms. The first-order chi connectivity index (χ1) is 6.94. The third-order valence-corrected chi connectivity index (χ3v) is 4.37. The molecule has 1 aliphatic heterocycles. The van der Waals surface area contributed by atoms with Crippen molar-refractivity contribution in [3.63, 3.8) is 0 Å². The van der Waals surface area contributed by atoms with E-state index in [0.29, 0.717) is 25.0 Å². The molecule has 3 atom stereocenters. The van der Waals surface area contributed by atoms with Crippen LogP contribution in [-0.4, -0.2) is 24.3 Å². The van der Waals surface area contributed by atoms with Gasteiger partial charge in [-0.05, 0) is 31.6 Å². The van der Waals surface area contributed by atoms with E-state index >= 15 is 0 Å². The van der Waals surface area contributed by atoms with Gasteiger partial charge < -0.3 is 9.47 Å². The molecule has 0 N–H and O–H groups in total. The van der Waals surface area contributed by atoms with Gasteiger partial charge in [0.15, 0.2) is 0 Å². The SMILES string of the molecule is CCOC(=O)C[C@H]1C[C@]2(O[C@H]2C)C1(C)C. The van der Waals surface area contributed by atoms with Crippen molar-refractivity contribution >= 4 is 5.97 Å². The average Bonchev–Trinajstić information content (AvgIpc) is 2.80. The number of rotatable bonds is 3. The van der Waals surface area contributed by atoms with E-state index in [0.717, 1.165) is 6.42 Å². The van der Waals surface area contributed by atoms with Gasteiger partial charge in [0.2, 0.25) is 0 Å². The molecule has 1 heterocycles. The van der Waals surface area contributed by atoms with E-state index in [1.807, 2.05) is 6.92 Å². The Labute approximate surface area is 91.1 Å². The molecule has 1 aliphatic carbocycles. The minimum atomic E-state index is -0.0706. The van der Waals surface area contributed by atoms with Crippen molar-refractivity contribution in [2.45, 2.75) is 52.2 Å². The Kier molecular flexibility index (Phi) is 2.34. The molecular formula is C12H20O3. The smallest absolute Gasteiger partial charge is 0.306 e. The van der Waals surface area contributed by atoms with Crippen LogP contribution in [0.3, 0.4) is 0 Å². The quantitative estimate of drug-likeness (QED) is 0.531. The summed E-state index contributed by atoms with van der Waals surface area (Å²) >= 11 is 0. The lowest BCUT2D eigenvalue weighted by molar-refractivity contribution is -0.150. The molecule has 1 saturated heterocycles. The van der Waals surface area contributed by atoms with E-state index in [1.165, 1.54) is 0 Å². The second kappa shape index (κ2) is 3.21. The predicted molar refractivity (Wildman–Crippen MR) is 56.4 cm³/mol. The summed E-state index contributed by atoms with van der Waals surface area (Å²) in [6.07, 6.45) is 1.92. The highest BCUT2D eigenvalue weighted by Crippen LogP contribution is 2.67. The zero-order valence-corrected chi connectivity index (χ0v) is 10.0. The van der Waals surface area contributed by atoms with Crippen LogP contribution in [0, 0.1) is 11.3 Å². The minimum absolute atomic E-state index is 0.0706. The number of carbonyl (C=O) groups excluding carboxylic acids is 1. The highest BCUT2D eigenvalue weighted by molar-refractivity contribution is 5.70. The number of hydrogen-bond donors (Lipinski definition) is 0. The fraction of sp³-hybridized carbons (Fsp3) is 0.917. The molecule has 0 unspecified atom stereocenters. The zero-order valence-electron chi connectivity index (χ0n) is 10.0. The molecule has 0 aromatic carbocycles. The summed E-state index contributed by atoms with van der Waals surface area (Å²) in [5.41, 5.74) is 0.198. The summed E-state index contributed by atoms with van der Waals surface area (Å²) < 4.78 is 10.7. The Morgan fingerprint density at radius 2 is 2.13 bits per heavy atom. The van der Waals surface area contributed by atoms with E-state index in [9.17, 15) is 4.79 Å². The van der Waals surface area contributed by atoms with Crippen LogP contribution < -0.4 is 0 Å². The molecule has 2 aliphatic rings. The number of epoxide rings is 1. The van der Waals surface area contributed by atoms with Crippen molar-refractivity contribution in [2.24, 2.45) is 11.3 Å². The van der Waals surface area contributed by atoms with Crippen molar-refractivity contribution < 1.29 is 14.3 Å². The maximum Gasteiger partial charge on any atom is 0.306 e. The Morgan fingerprint density at radius 1 is 1.53 bits per heavy atom. The number of ether oxygens (including phenoxy) is 2. The molecule has 1 spiro atoms. The zero-order chi connectivity index (χ0) is 11.3. The summed E-state index contributed by atoms with van der Waals surface area (Å²) in [7, 11) is 0. The average molecular weight is 212 g/mol. The van der Waals surface area contributed by atoms with Crippen molar-refractivity contribution in [1.82, 2.24) is 0 Å². The molecule has 1 saturated carbocycles. The molecule has 2 rings (SSSR count). The van der Waals surface area contributed by atoms with Crippen LogP contribution in [0.25, 0.3) is 0 Å². The van der Waals surface area contributed by atoms with E-state index in [2.05, 4.69) is 20.8 Å². The lowest BCUT2D eigenvalue weighted by Gasteiger charge is -2.51. The van der Waals surface area contributed by atoms with Gasteiger partial charge in [-0.25, -0.2) is 0 Å². The summed E-state index contributed by atoms with van der Waals surface area (Å²) in [6, 6.07) is 0. The van der Waals surface area contributed by atoms with Crippen LogP contribution in [0.1, 0.15) is 40.5 Å². The maximum absolute atomic E-state index is 11.4. The van der Waals surface area contributed by atoms with Gasteiger partial charge in [-0.3, -0.25) is 4.79 Å². The lowest BCUT2D eigenvalue weighted by atomic mass is 9.52. The first-order valence-corrected chi connectivity index (χ1v) is 5.77. The molecule has 0 aromatic heterocycles. The third kappa shape index (κ3) is 1.40. The fourth-order valence-electron chi connectivity index (χ4n) is 3.02. The van der Waals surface area contributed by atoms with Crippen LogP contribution in [0.2, 0.25) is 0 Å². The summed E-state index contributed by atoms with van der Waals surface area (Å²) in [5, 5.41) is 0. The lowest BCUT2D eigenvalue weighted by Crippen LogP contribution is -2.54. The Hall–Kier alpha value is -0.570. The van der Waals surface area contributed by atoms with Gasteiger partial charge in [0.1, 0.15) is 5.60 Å². The standard InChI is InChI=1S/C12H20O3/c1-5-14-10(13)6-9-7-12(8(2)15-12)11(9,3)4/h8-9H,5-7H2,1-4H3/t8-,9-,12+/m0/s1. The maximum atomic E-state index is 11.4. The summed E-state index contributed by atoms with van der Waals surface area (Å²) in [6.45, 7) is 8.83. The Balaban J connectivity index is 1.90. The van der Waals surface area contributed by atoms with Crippen molar-refractivity contribution in [1.29, 1.82) is 0 Å². The van der Waals surface area contributed by atoms with E-state index < -0.39 is 0 Å². The second-order valence-corrected chi connectivity index (χ2v) is 5.28. The molecular weight excluding hydrogens is 192 g/mol. The normalized spacial score (nSPS) is 41.1. The van der Waals surface area contributed by atoms with Crippen LogP contribution in [0.4, 0.5) is 0 Å². The van der Waals surface area contributed by atoms with Crippen molar-refractivity contribution in [3.05, 3.63) is 0 Å². The highest BCUT2D eigenvalue weighted by Gasteiger charge is 2.73. The summed E-state index contributed by atoms with van der Waals surface area (Å²) in [5.74, 6) is 0.347. The van der Waals surface area contributed by atoms with Gasteiger partial charge in [-0.1, -0.05) is 13.8 Å². The van der Waals surface area contributed by atoms with Gasteiger partial charge in [0.05, 0.1) is 12.7 Å². The Bertz CT molecular complexity index is 285.